The number of H-pyrrole nitrogens is 1. The number of benzene rings is 2. The third-order valence-corrected chi connectivity index (χ3v) is 6.01. The van der Waals surface area contributed by atoms with Crippen LogP contribution in [0, 0.1) is 0 Å². The van der Waals surface area contributed by atoms with Crippen molar-refractivity contribution in [1.29, 1.82) is 0 Å². The lowest BCUT2D eigenvalue weighted by Crippen LogP contribution is -2.18. The highest BCUT2D eigenvalue weighted by Crippen LogP contribution is 2.31. The zero-order valence-electron chi connectivity index (χ0n) is 18.1. The highest BCUT2D eigenvalue weighted by molar-refractivity contribution is 6.09. The van der Waals surface area contributed by atoms with E-state index in [4.69, 9.17) is 15.7 Å². The number of nitrogens with one attached hydrogen (secondary N) is 2. The Labute approximate surface area is 186 Å². The Bertz CT molecular complexity index is 1280. The van der Waals surface area contributed by atoms with Crippen molar-refractivity contribution >= 4 is 22.5 Å². The molecule has 0 aliphatic carbocycles. The second-order valence-electron chi connectivity index (χ2n) is 8.30. The zero-order chi connectivity index (χ0) is 22.1. The SMILES string of the molecule is CN1CCCc2c(nc(-c3[nH]cc4c(C(N)=O)cccc34)nc2NCc2ccccc2)C1. The summed E-state index contributed by atoms with van der Waals surface area (Å²) in [6.45, 7) is 2.49. The average Bonchev–Trinajstić information content (AvgIpc) is 3.14. The van der Waals surface area contributed by atoms with Gasteiger partial charge >= 0.3 is 0 Å². The number of amides is 1. The first-order valence-electron chi connectivity index (χ1n) is 10.9. The standard InChI is InChI=1S/C25H26N6O/c1-31-12-6-11-19-21(15-31)29-25(30-24(19)28-13-16-7-3-2-4-8-16)22-17-9-5-10-18(23(26)32)20(17)14-27-22/h2-5,7-10,14,27H,6,11-13,15H2,1H3,(H2,26,32)(H,28,29,30). The number of hydrogen-bond donors (Lipinski definition) is 3. The van der Waals surface area contributed by atoms with Crippen molar-refractivity contribution in [2.24, 2.45) is 5.73 Å². The predicted molar refractivity (Wildman–Crippen MR) is 126 cm³/mol. The molecule has 1 aliphatic rings. The van der Waals surface area contributed by atoms with Crippen LogP contribution in [0.1, 0.15) is 33.6 Å². The van der Waals surface area contributed by atoms with E-state index in [2.05, 4.69) is 34.4 Å². The average molecular weight is 427 g/mol. The van der Waals surface area contributed by atoms with E-state index >= 15 is 0 Å². The van der Waals surface area contributed by atoms with Gasteiger partial charge in [0, 0.05) is 41.2 Å². The van der Waals surface area contributed by atoms with Crippen molar-refractivity contribution in [3.8, 4) is 11.5 Å². The van der Waals surface area contributed by atoms with Gasteiger partial charge in [-0.3, -0.25) is 4.79 Å². The number of carbonyl (C=O) groups is 1. The third-order valence-electron chi connectivity index (χ3n) is 6.01. The van der Waals surface area contributed by atoms with Gasteiger partial charge in [-0.1, -0.05) is 42.5 Å². The fraction of sp³-hybridized carbons (Fsp3) is 0.240. The van der Waals surface area contributed by atoms with Crippen LogP contribution in [-0.2, 0) is 19.5 Å². The maximum absolute atomic E-state index is 11.9. The topological polar surface area (TPSA) is 99.9 Å². The molecular formula is C25H26N6O. The molecule has 0 bridgehead atoms. The second kappa shape index (κ2) is 8.43. The van der Waals surface area contributed by atoms with Crippen LogP contribution < -0.4 is 11.1 Å². The number of rotatable bonds is 5. The molecule has 0 spiro atoms. The number of nitrogens with two attached hydrogens (primary N) is 1. The van der Waals surface area contributed by atoms with Crippen LogP contribution >= 0.6 is 0 Å². The van der Waals surface area contributed by atoms with E-state index in [1.165, 1.54) is 11.1 Å². The van der Waals surface area contributed by atoms with E-state index in [-0.39, 0.29) is 0 Å². The monoisotopic (exact) mass is 426 g/mol. The Morgan fingerprint density at radius 2 is 1.97 bits per heavy atom. The molecule has 2 aromatic carbocycles. The molecule has 162 valence electrons. The van der Waals surface area contributed by atoms with E-state index < -0.39 is 5.91 Å². The smallest absolute Gasteiger partial charge is 0.249 e. The molecule has 5 rings (SSSR count). The van der Waals surface area contributed by atoms with Gasteiger partial charge in [-0.05, 0) is 38.1 Å². The summed E-state index contributed by atoms with van der Waals surface area (Å²) in [7, 11) is 2.12. The second-order valence-corrected chi connectivity index (χ2v) is 8.30. The number of fused-ring (bicyclic) bond motifs is 2. The van der Waals surface area contributed by atoms with Crippen LogP contribution in [-0.4, -0.2) is 39.4 Å². The van der Waals surface area contributed by atoms with Gasteiger partial charge in [0.15, 0.2) is 5.82 Å². The number of nitrogens with zero attached hydrogens (tertiary/aromatic N) is 3. The molecule has 7 heteroatoms. The summed E-state index contributed by atoms with van der Waals surface area (Å²) < 4.78 is 0. The highest BCUT2D eigenvalue weighted by atomic mass is 16.1. The first kappa shape index (κ1) is 20.2. The largest absolute Gasteiger partial charge is 0.366 e. The first-order chi connectivity index (χ1) is 15.6. The van der Waals surface area contributed by atoms with Crippen LogP contribution in [0.4, 0.5) is 5.82 Å². The number of anilines is 1. The summed E-state index contributed by atoms with van der Waals surface area (Å²) in [6, 6.07) is 15.8. The Morgan fingerprint density at radius 1 is 1.12 bits per heavy atom. The summed E-state index contributed by atoms with van der Waals surface area (Å²) in [5.41, 5.74) is 10.3. The molecule has 3 heterocycles. The zero-order valence-corrected chi connectivity index (χ0v) is 18.1. The number of carbonyl (C=O) groups excluding carboxylic acids is 1. The minimum Gasteiger partial charge on any atom is -0.366 e. The fourth-order valence-electron chi connectivity index (χ4n) is 4.38. The lowest BCUT2D eigenvalue weighted by Gasteiger charge is -2.16. The molecule has 32 heavy (non-hydrogen) atoms. The molecular weight excluding hydrogens is 400 g/mol. The van der Waals surface area contributed by atoms with Crippen molar-refractivity contribution in [3.63, 3.8) is 0 Å². The maximum Gasteiger partial charge on any atom is 0.249 e. The summed E-state index contributed by atoms with van der Waals surface area (Å²) >= 11 is 0. The molecule has 1 aliphatic heterocycles. The number of primary amides is 1. The lowest BCUT2D eigenvalue weighted by atomic mass is 10.1. The van der Waals surface area contributed by atoms with Gasteiger partial charge < -0.3 is 20.9 Å². The van der Waals surface area contributed by atoms with E-state index in [1.807, 2.05) is 36.5 Å². The summed E-state index contributed by atoms with van der Waals surface area (Å²) in [5, 5.41) is 5.22. The number of aromatic nitrogens is 3. The van der Waals surface area contributed by atoms with Crippen LogP contribution in [0.5, 0.6) is 0 Å². The van der Waals surface area contributed by atoms with Gasteiger partial charge in [-0.25, -0.2) is 9.97 Å². The van der Waals surface area contributed by atoms with Crippen LogP contribution in [0.25, 0.3) is 22.3 Å². The molecule has 0 atom stereocenters. The van der Waals surface area contributed by atoms with Crippen molar-refractivity contribution in [3.05, 3.63) is 77.1 Å². The van der Waals surface area contributed by atoms with Crippen molar-refractivity contribution < 1.29 is 4.79 Å². The quantitative estimate of drug-likeness (QED) is 0.452. The molecule has 0 saturated carbocycles. The van der Waals surface area contributed by atoms with E-state index in [0.29, 0.717) is 17.9 Å². The Kier molecular flexibility index (Phi) is 5.33. The van der Waals surface area contributed by atoms with Crippen molar-refractivity contribution in [2.75, 3.05) is 18.9 Å². The van der Waals surface area contributed by atoms with Crippen LogP contribution in [0.2, 0.25) is 0 Å². The van der Waals surface area contributed by atoms with Gasteiger partial charge in [0.2, 0.25) is 5.91 Å². The summed E-state index contributed by atoms with van der Waals surface area (Å²) in [4.78, 5) is 27.4. The Balaban J connectivity index is 1.61. The third kappa shape index (κ3) is 3.83. The molecule has 7 nitrogen and oxygen atoms in total. The molecule has 0 fully saturated rings. The van der Waals surface area contributed by atoms with Crippen molar-refractivity contribution in [1.82, 2.24) is 19.9 Å². The molecule has 4 aromatic rings. The minimum atomic E-state index is -0.448. The molecule has 4 N–H and O–H groups in total. The number of aromatic amines is 1. The Hall–Kier alpha value is -3.71. The minimum absolute atomic E-state index is 0.448. The van der Waals surface area contributed by atoms with E-state index in [0.717, 1.165) is 53.9 Å². The summed E-state index contributed by atoms with van der Waals surface area (Å²) in [6.07, 6.45) is 3.82. The normalized spacial score (nSPS) is 14.2. The molecule has 0 unspecified atom stereocenters. The van der Waals surface area contributed by atoms with Gasteiger partial charge in [-0.2, -0.15) is 0 Å². The van der Waals surface area contributed by atoms with Gasteiger partial charge in [0.1, 0.15) is 5.82 Å². The van der Waals surface area contributed by atoms with Gasteiger partial charge in [0.05, 0.1) is 11.4 Å². The molecule has 2 aromatic heterocycles. The van der Waals surface area contributed by atoms with E-state index in [1.54, 1.807) is 6.07 Å². The molecule has 1 amide bonds. The lowest BCUT2D eigenvalue weighted by molar-refractivity contribution is 0.100. The van der Waals surface area contributed by atoms with Crippen molar-refractivity contribution in [2.45, 2.75) is 25.9 Å². The van der Waals surface area contributed by atoms with Gasteiger partial charge in [-0.15, -0.1) is 0 Å². The highest BCUT2D eigenvalue weighted by Gasteiger charge is 2.21. The maximum atomic E-state index is 11.9. The fourth-order valence-corrected chi connectivity index (χ4v) is 4.38. The van der Waals surface area contributed by atoms with E-state index in [9.17, 15) is 4.79 Å². The summed E-state index contributed by atoms with van der Waals surface area (Å²) in [5.74, 6) is 1.04. The molecule has 0 radical (unpaired) electrons. The number of hydrogen-bond acceptors (Lipinski definition) is 5. The van der Waals surface area contributed by atoms with Gasteiger partial charge in [0.25, 0.3) is 0 Å². The predicted octanol–water partition coefficient (Wildman–Crippen LogP) is 3.71. The molecule has 0 saturated heterocycles. The van der Waals surface area contributed by atoms with Crippen LogP contribution in [0.15, 0.2) is 54.7 Å². The van der Waals surface area contributed by atoms with Crippen LogP contribution in [0.3, 0.4) is 0 Å². The Morgan fingerprint density at radius 3 is 2.78 bits per heavy atom. The first-order valence-corrected chi connectivity index (χ1v) is 10.9.